The van der Waals surface area contributed by atoms with E-state index in [1.807, 2.05) is 39.9 Å². The van der Waals surface area contributed by atoms with Crippen LogP contribution in [0.25, 0.3) is 0 Å². The van der Waals surface area contributed by atoms with Gasteiger partial charge in [0.15, 0.2) is 40.2 Å². The topological polar surface area (TPSA) is 208 Å². The fraction of sp³-hybridized carbons (Fsp3) is 0.532. The molecule has 17 nitrogen and oxygen atoms in total. The lowest BCUT2D eigenvalue weighted by molar-refractivity contribution is -0.670. The van der Waals surface area contributed by atoms with Crippen LogP contribution in [0.3, 0.4) is 0 Å². The van der Waals surface area contributed by atoms with Crippen LogP contribution >= 0.6 is 0 Å². The number of carbonyl (C=O) groups is 6. The quantitative estimate of drug-likeness (QED) is 0.0332. The first-order valence-electron chi connectivity index (χ1n) is 28.3. The van der Waals surface area contributed by atoms with Crippen molar-refractivity contribution in [1.82, 2.24) is 9.88 Å². The zero-order chi connectivity index (χ0) is 59.3. The second kappa shape index (κ2) is 22.9. The Morgan fingerprint density at radius 3 is 1.96 bits per heavy atom. The maximum atomic E-state index is 17.0. The van der Waals surface area contributed by atoms with E-state index in [0.29, 0.717) is 29.3 Å². The molecule has 3 unspecified atom stereocenters. The van der Waals surface area contributed by atoms with Crippen LogP contribution in [0.5, 0.6) is 0 Å². The van der Waals surface area contributed by atoms with Crippen molar-refractivity contribution in [1.29, 1.82) is 0 Å². The number of amides is 1. The molecule has 1 aliphatic heterocycles. The molecular formula is C62H82N3O14Si2+. The Kier molecular flexibility index (Phi) is 17.3. The van der Waals surface area contributed by atoms with Gasteiger partial charge in [0, 0.05) is 30.7 Å². The maximum absolute atomic E-state index is 17.0. The third-order valence-corrected chi connectivity index (χ3v) is 28.0. The molecule has 1 amide bonds. The summed E-state index contributed by atoms with van der Waals surface area (Å²) in [5, 5.41) is 17.3. The Hall–Kier alpha value is -6.10. The van der Waals surface area contributed by atoms with E-state index in [1.165, 1.54) is 24.0 Å². The molecule has 3 fully saturated rings. The monoisotopic (exact) mass is 1150 g/mol. The number of rotatable bonds is 17. The standard InChI is InChI=1S/C62H81N3O14Si2/c1-15-81(16-2,17-3)78-45-35-46-61(37-73-46,77-40(5)66)51-53(76-55(69)43-31-25-20-26-32-43)62(72)36-44(39(4)47(59(62,9)10)49(52(67)60(45,51)11)75-57(71)65-34-33-64(12)38-65)74-56(70)50(79-80(13,14)58(6,7)8)48(41-27-21-18-22-28-41)63-54(68)42-29-23-19-24-30-42/h18-34,38,44-46,48-51,53,72H,15-17,35-37H2,1-14H3/p+1/t44-,45-,46?,48-,49+,50+,51-,53-,60?,61?,62+/m0/s1. The molecule has 1 aromatic heterocycles. The van der Waals surface area contributed by atoms with Gasteiger partial charge in [-0.1, -0.05) is 122 Å². The summed E-state index contributed by atoms with van der Waals surface area (Å²) in [7, 11) is -3.96. The van der Waals surface area contributed by atoms with Crippen molar-refractivity contribution in [2.45, 2.75) is 179 Å². The second-order valence-electron chi connectivity index (χ2n) is 24.8. The summed E-state index contributed by atoms with van der Waals surface area (Å²) in [6.07, 6.45) is -5.22. The van der Waals surface area contributed by atoms with Gasteiger partial charge in [0.2, 0.25) is 0 Å². The molecule has 3 aliphatic carbocycles. The van der Waals surface area contributed by atoms with Crippen molar-refractivity contribution in [2.75, 3.05) is 6.61 Å². The molecule has 0 spiro atoms. The minimum absolute atomic E-state index is 0.0628. The van der Waals surface area contributed by atoms with Gasteiger partial charge in [-0.3, -0.25) is 14.4 Å². The highest BCUT2D eigenvalue weighted by Crippen LogP contribution is 2.65. The molecule has 8 rings (SSSR count). The van der Waals surface area contributed by atoms with Crippen LogP contribution in [0.2, 0.25) is 36.3 Å². The van der Waals surface area contributed by atoms with E-state index in [0.717, 1.165) is 0 Å². The molecule has 4 aliphatic rings. The van der Waals surface area contributed by atoms with Crippen molar-refractivity contribution in [2.24, 2.45) is 23.8 Å². The average Bonchev–Trinajstić information content (AvgIpc) is 1.00. The third-order valence-electron chi connectivity index (χ3n) is 18.9. The number of carbonyl (C=O) groups excluding carboxylic acids is 6. The molecule has 81 heavy (non-hydrogen) atoms. The van der Waals surface area contributed by atoms with Crippen LogP contribution in [-0.4, -0.2) is 116 Å². The largest absolute Gasteiger partial charge is 0.512 e. The van der Waals surface area contributed by atoms with E-state index in [1.54, 1.807) is 130 Å². The Bertz CT molecular complexity index is 3020. The lowest BCUT2D eigenvalue weighted by Gasteiger charge is -2.68. The van der Waals surface area contributed by atoms with Crippen molar-refractivity contribution in [3.63, 3.8) is 0 Å². The smallest absolute Gasteiger partial charge is 0.456 e. The zero-order valence-corrected chi connectivity index (χ0v) is 51.4. The van der Waals surface area contributed by atoms with E-state index in [4.69, 9.17) is 32.5 Å². The van der Waals surface area contributed by atoms with Gasteiger partial charge in [-0.2, -0.15) is 4.79 Å². The molecule has 3 aromatic carbocycles. The van der Waals surface area contributed by atoms with E-state index in [9.17, 15) is 19.5 Å². The highest BCUT2D eigenvalue weighted by atomic mass is 28.4. The fourth-order valence-corrected chi connectivity index (χ4v) is 17.0. The number of nitrogens with one attached hydrogen (secondary N) is 1. The van der Waals surface area contributed by atoms with Gasteiger partial charge in [-0.25, -0.2) is 14.2 Å². The van der Waals surface area contributed by atoms with Gasteiger partial charge in [0.05, 0.1) is 42.7 Å². The molecule has 2 bridgehead atoms. The molecule has 19 heteroatoms. The van der Waals surface area contributed by atoms with E-state index in [2.05, 4.69) is 26.1 Å². The van der Waals surface area contributed by atoms with Gasteiger partial charge in [-0.15, -0.1) is 4.57 Å². The Morgan fingerprint density at radius 1 is 0.864 bits per heavy atom. The number of fused-ring (bicyclic) bond motifs is 5. The Morgan fingerprint density at radius 2 is 1.44 bits per heavy atom. The Balaban J connectivity index is 1.40. The highest BCUT2D eigenvalue weighted by Gasteiger charge is 2.79. The predicted octanol–water partition coefficient (Wildman–Crippen LogP) is 9.54. The van der Waals surface area contributed by atoms with Gasteiger partial charge in [-0.05, 0) is 91.1 Å². The first-order valence-corrected chi connectivity index (χ1v) is 33.7. The molecule has 0 radical (unpaired) electrons. The van der Waals surface area contributed by atoms with E-state index < -0.39 is 134 Å². The number of imidazole rings is 1. The van der Waals surface area contributed by atoms with Crippen molar-refractivity contribution < 1.29 is 71.0 Å². The number of hydrogen-bond acceptors (Lipinski definition) is 14. The summed E-state index contributed by atoms with van der Waals surface area (Å²) in [6, 6.07) is 26.7. The molecule has 11 atom stereocenters. The van der Waals surface area contributed by atoms with Gasteiger partial charge in [0.25, 0.3) is 12.2 Å². The number of nitrogens with zero attached hydrogens (tertiary/aromatic N) is 2. The minimum Gasteiger partial charge on any atom is -0.456 e. The molecule has 436 valence electrons. The van der Waals surface area contributed by atoms with Crippen LogP contribution in [0.1, 0.15) is 121 Å². The van der Waals surface area contributed by atoms with E-state index >= 15 is 14.4 Å². The summed E-state index contributed by atoms with van der Waals surface area (Å²) >= 11 is 0. The van der Waals surface area contributed by atoms with Crippen molar-refractivity contribution in [3.05, 3.63) is 138 Å². The summed E-state index contributed by atoms with van der Waals surface area (Å²) < 4.78 is 50.6. The van der Waals surface area contributed by atoms with Crippen LogP contribution in [-0.2, 0) is 54.0 Å². The lowest BCUT2D eigenvalue weighted by atomic mass is 9.44. The summed E-state index contributed by atoms with van der Waals surface area (Å²) in [4.78, 5) is 90.8. The number of ketones is 1. The molecular weight excluding hydrogens is 1070 g/mol. The molecule has 1 saturated heterocycles. The number of aromatic nitrogens is 2. The molecule has 4 aromatic rings. The number of aliphatic hydroxyl groups is 1. The predicted molar refractivity (Wildman–Crippen MR) is 306 cm³/mol. The highest BCUT2D eigenvalue weighted by molar-refractivity contribution is 6.74. The number of ether oxygens (including phenoxy) is 5. The fourth-order valence-electron chi connectivity index (χ4n) is 12.8. The zero-order valence-electron chi connectivity index (χ0n) is 49.4. The third kappa shape index (κ3) is 11.1. The first kappa shape index (κ1) is 61.0. The number of aryl methyl sites for hydroxylation is 1. The number of esters is 3. The SMILES string of the molecule is CC[Si](CC)(CC)O[C@H]1CC2OCC2(OC(C)=O)[C@H]2[C@H](OC(=O)c3ccccc3)[C@]3(O)C[C@H](OC(=O)[C@H](O[Si](C)(C)C(C)(C)C)[C@@H](NC(=O)c4ccccc4)c4ccccc4)C(C)=C([C@@H](OC(=O)n4cc[n+](C)c4)C(=O)C12C)C3(C)C. The summed E-state index contributed by atoms with van der Waals surface area (Å²) in [5.41, 5.74) is -6.31. The second-order valence-corrected chi connectivity index (χ2v) is 34.3. The van der Waals surface area contributed by atoms with Crippen molar-refractivity contribution >= 4 is 52.3 Å². The number of Topliss-reactive ketones (excluding diaryl/α,β-unsaturated/α-hetero) is 1. The normalized spacial score (nSPS) is 27.9. The van der Waals surface area contributed by atoms with Gasteiger partial charge in [0.1, 0.15) is 36.3 Å². The molecule has 2 N–H and O–H groups in total. The number of hydrogen-bond donors (Lipinski definition) is 2. The van der Waals surface area contributed by atoms with E-state index in [-0.39, 0.29) is 29.7 Å². The van der Waals surface area contributed by atoms with Crippen LogP contribution < -0.4 is 9.88 Å². The summed E-state index contributed by atoms with van der Waals surface area (Å²) in [5.74, 6) is -5.09. The van der Waals surface area contributed by atoms with Crippen molar-refractivity contribution in [3.8, 4) is 0 Å². The Labute approximate surface area is 478 Å². The van der Waals surface area contributed by atoms with Crippen LogP contribution in [0.15, 0.2) is 121 Å². The first-order chi connectivity index (χ1) is 38.0. The maximum Gasteiger partial charge on any atom is 0.512 e. The van der Waals surface area contributed by atoms with Gasteiger partial charge < -0.3 is 43.0 Å². The average molecular weight is 1150 g/mol. The summed E-state index contributed by atoms with van der Waals surface area (Å²) in [6.45, 7) is 23.9. The lowest BCUT2D eigenvalue weighted by Crippen LogP contribution is -2.82. The molecule has 2 heterocycles. The van der Waals surface area contributed by atoms with Crippen LogP contribution in [0, 0.1) is 16.7 Å². The van der Waals surface area contributed by atoms with Gasteiger partial charge >= 0.3 is 24.0 Å². The minimum atomic E-state index is -2.98. The molecule has 2 saturated carbocycles. The number of benzene rings is 3. The van der Waals surface area contributed by atoms with Crippen LogP contribution in [0.4, 0.5) is 4.79 Å².